The first kappa shape index (κ1) is 19.6. The van der Waals surface area contributed by atoms with E-state index >= 15 is 0 Å². The highest BCUT2D eigenvalue weighted by atomic mass is 32.2. The molecule has 0 spiro atoms. The predicted molar refractivity (Wildman–Crippen MR) is 102 cm³/mol. The number of hydrogen-bond acceptors (Lipinski definition) is 5. The van der Waals surface area contributed by atoms with Crippen molar-refractivity contribution in [2.24, 2.45) is 0 Å². The molecule has 2 atom stereocenters. The number of likely N-dealkylation sites (N-methyl/N-ethyl adjacent to an activating group) is 1. The van der Waals surface area contributed by atoms with E-state index in [1.165, 1.54) is 12.1 Å². The molecule has 1 amide bonds. The number of hydrogen-bond donors (Lipinski definition) is 3. The van der Waals surface area contributed by atoms with Crippen LogP contribution in [0, 0.1) is 0 Å². The monoisotopic (exact) mass is 395 g/mol. The molecule has 0 unspecified atom stereocenters. The standard InChI is InChI=1S/C17H25N5O4S/c1-21(2)16(23)8-11-4-5-12(22(11)3)10-18-27(25,26)13-6-7-14-15(9-13)20-17(24)19-14/h6-7,9,11-12,18H,4-5,8,10H2,1-3H3,(H2,19,20,24)/t11-,12+/m1/s1. The van der Waals surface area contributed by atoms with Gasteiger partial charge in [0.05, 0.1) is 15.9 Å². The molecule has 148 valence electrons. The Morgan fingerprint density at radius 2 is 1.89 bits per heavy atom. The second-order valence-corrected chi connectivity index (χ2v) is 8.95. The first-order chi connectivity index (χ1) is 12.7. The molecule has 3 N–H and O–H groups in total. The van der Waals surface area contributed by atoms with Crippen molar-refractivity contribution in [1.82, 2.24) is 24.5 Å². The zero-order valence-corrected chi connectivity index (χ0v) is 16.5. The van der Waals surface area contributed by atoms with Gasteiger partial charge in [-0.05, 0) is 38.1 Å². The number of benzene rings is 1. The van der Waals surface area contributed by atoms with Gasteiger partial charge in [-0.1, -0.05) is 0 Å². The molecule has 1 aliphatic heterocycles. The van der Waals surface area contributed by atoms with Gasteiger partial charge >= 0.3 is 5.69 Å². The summed E-state index contributed by atoms with van der Waals surface area (Å²) < 4.78 is 27.9. The molecule has 1 aromatic heterocycles. The Morgan fingerprint density at radius 3 is 2.59 bits per heavy atom. The average Bonchev–Trinajstić information content (AvgIpc) is 3.14. The minimum Gasteiger partial charge on any atom is -0.349 e. The molecule has 0 aliphatic carbocycles. The van der Waals surface area contributed by atoms with Gasteiger partial charge in [0.1, 0.15) is 0 Å². The van der Waals surface area contributed by atoms with Crippen molar-refractivity contribution < 1.29 is 13.2 Å². The molecule has 10 heteroatoms. The van der Waals surface area contributed by atoms with Crippen LogP contribution in [-0.2, 0) is 14.8 Å². The Hall–Kier alpha value is -2.17. The number of carbonyl (C=O) groups is 1. The highest BCUT2D eigenvalue weighted by Gasteiger charge is 2.32. The molecule has 27 heavy (non-hydrogen) atoms. The predicted octanol–water partition coefficient (Wildman–Crippen LogP) is 0.0756. The van der Waals surface area contributed by atoms with Crippen molar-refractivity contribution in [2.75, 3.05) is 27.7 Å². The van der Waals surface area contributed by atoms with Crippen molar-refractivity contribution in [1.29, 1.82) is 0 Å². The highest BCUT2D eigenvalue weighted by molar-refractivity contribution is 7.89. The fourth-order valence-electron chi connectivity index (χ4n) is 3.43. The lowest BCUT2D eigenvalue weighted by molar-refractivity contribution is -0.129. The molecule has 0 saturated carbocycles. The zero-order chi connectivity index (χ0) is 19.8. The second-order valence-electron chi connectivity index (χ2n) is 7.18. The molecule has 1 aromatic carbocycles. The number of nitrogens with one attached hydrogen (secondary N) is 3. The molecule has 9 nitrogen and oxygen atoms in total. The smallest absolute Gasteiger partial charge is 0.323 e. The zero-order valence-electron chi connectivity index (χ0n) is 15.7. The number of rotatable bonds is 6. The number of amides is 1. The molecule has 2 aromatic rings. The van der Waals surface area contributed by atoms with Crippen LogP contribution in [0.15, 0.2) is 27.9 Å². The number of nitrogens with zero attached hydrogens (tertiary/aromatic N) is 2. The fraction of sp³-hybridized carbons (Fsp3) is 0.529. The van der Waals surface area contributed by atoms with Crippen LogP contribution in [-0.4, -0.2) is 73.9 Å². The van der Waals surface area contributed by atoms with Crippen molar-refractivity contribution in [3.05, 3.63) is 28.7 Å². The summed E-state index contributed by atoms with van der Waals surface area (Å²) in [5.41, 5.74) is 0.629. The van der Waals surface area contributed by atoms with E-state index < -0.39 is 10.0 Å². The summed E-state index contributed by atoms with van der Waals surface area (Å²) in [5.74, 6) is 0.0712. The third-order valence-electron chi connectivity index (χ3n) is 5.20. The Labute approximate surface area is 157 Å². The maximum absolute atomic E-state index is 12.6. The first-order valence-electron chi connectivity index (χ1n) is 8.81. The molecule has 3 rings (SSSR count). The molecule has 0 radical (unpaired) electrons. The number of likely N-dealkylation sites (tertiary alicyclic amines) is 1. The third-order valence-corrected chi connectivity index (χ3v) is 6.62. The number of aromatic amines is 2. The summed E-state index contributed by atoms with van der Waals surface area (Å²) >= 11 is 0. The average molecular weight is 395 g/mol. The maximum atomic E-state index is 12.6. The number of fused-ring (bicyclic) bond motifs is 1. The quantitative estimate of drug-likeness (QED) is 0.640. The minimum absolute atomic E-state index is 0.0375. The van der Waals surface area contributed by atoms with E-state index in [-0.39, 0.29) is 35.1 Å². The number of aromatic nitrogens is 2. The Balaban J connectivity index is 1.64. The SMILES string of the molecule is CN(C)C(=O)C[C@H]1CC[C@@H](CNS(=O)(=O)c2ccc3[nH]c(=O)[nH]c3c2)N1C. The van der Waals surface area contributed by atoms with Gasteiger partial charge in [0.15, 0.2) is 0 Å². The second kappa shape index (κ2) is 7.45. The number of sulfonamides is 1. The normalized spacial score (nSPS) is 21.0. The Bertz CT molecular complexity index is 994. The van der Waals surface area contributed by atoms with E-state index in [0.717, 1.165) is 12.8 Å². The lowest BCUT2D eigenvalue weighted by Gasteiger charge is -2.26. The van der Waals surface area contributed by atoms with E-state index in [1.54, 1.807) is 25.1 Å². The van der Waals surface area contributed by atoms with Gasteiger partial charge in [0.25, 0.3) is 0 Å². The van der Waals surface area contributed by atoms with E-state index in [4.69, 9.17) is 0 Å². The fourth-order valence-corrected chi connectivity index (χ4v) is 4.53. The van der Waals surface area contributed by atoms with Crippen LogP contribution < -0.4 is 10.4 Å². The third kappa shape index (κ3) is 4.23. The molecule has 0 bridgehead atoms. The lowest BCUT2D eigenvalue weighted by atomic mass is 10.1. The van der Waals surface area contributed by atoms with Gasteiger partial charge in [-0.2, -0.15) is 0 Å². The highest BCUT2D eigenvalue weighted by Crippen LogP contribution is 2.25. The lowest BCUT2D eigenvalue weighted by Crippen LogP contribution is -2.42. The summed E-state index contributed by atoms with van der Waals surface area (Å²) in [5, 5.41) is 0. The van der Waals surface area contributed by atoms with Crippen LogP contribution in [0.3, 0.4) is 0 Å². The van der Waals surface area contributed by atoms with Crippen molar-refractivity contribution in [2.45, 2.75) is 36.2 Å². The number of carbonyl (C=O) groups excluding carboxylic acids is 1. The number of imidazole rings is 1. The maximum Gasteiger partial charge on any atom is 0.323 e. The van der Waals surface area contributed by atoms with Crippen LogP contribution >= 0.6 is 0 Å². The molecular formula is C17H25N5O4S. The van der Waals surface area contributed by atoms with Gasteiger partial charge in [-0.3, -0.25) is 9.69 Å². The van der Waals surface area contributed by atoms with E-state index in [2.05, 4.69) is 19.6 Å². The number of H-pyrrole nitrogens is 2. The molecule has 1 aliphatic rings. The minimum atomic E-state index is -3.70. The van der Waals surface area contributed by atoms with Gasteiger partial charge in [0, 0.05) is 39.1 Å². The van der Waals surface area contributed by atoms with Crippen LogP contribution in [0.5, 0.6) is 0 Å². The largest absolute Gasteiger partial charge is 0.349 e. The molecule has 1 saturated heterocycles. The van der Waals surface area contributed by atoms with Crippen LogP contribution in [0.25, 0.3) is 11.0 Å². The summed E-state index contributed by atoms with van der Waals surface area (Å²) in [6, 6.07) is 4.62. The summed E-state index contributed by atoms with van der Waals surface area (Å²) in [7, 11) is 1.70. The van der Waals surface area contributed by atoms with Gasteiger partial charge < -0.3 is 14.9 Å². The van der Waals surface area contributed by atoms with E-state index in [0.29, 0.717) is 17.5 Å². The summed E-state index contributed by atoms with van der Waals surface area (Å²) in [4.78, 5) is 32.1. The Kier molecular flexibility index (Phi) is 5.41. The van der Waals surface area contributed by atoms with Crippen molar-refractivity contribution >= 4 is 27.0 Å². The van der Waals surface area contributed by atoms with Crippen LogP contribution in [0.2, 0.25) is 0 Å². The van der Waals surface area contributed by atoms with Crippen LogP contribution in [0.1, 0.15) is 19.3 Å². The molecular weight excluding hydrogens is 370 g/mol. The van der Waals surface area contributed by atoms with E-state index in [9.17, 15) is 18.0 Å². The Morgan fingerprint density at radius 1 is 1.22 bits per heavy atom. The van der Waals surface area contributed by atoms with Crippen molar-refractivity contribution in [3.8, 4) is 0 Å². The van der Waals surface area contributed by atoms with E-state index in [1.807, 2.05) is 7.05 Å². The van der Waals surface area contributed by atoms with Crippen LogP contribution in [0.4, 0.5) is 0 Å². The topological polar surface area (TPSA) is 118 Å². The van der Waals surface area contributed by atoms with Gasteiger partial charge in [-0.25, -0.2) is 17.9 Å². The first-order valence-corrected chi connectivity index (χ1v) is 10.3. The van der Waals surface area contributed by atoms with Crippen molar-refractivity contribution in [3.63, 3.8) is 0 Å². The van der Waals surface area contributed by atoms with Gasteiger partial charge in [-0.15, -0.1) is 0 Å². The molecule has 2 heterocycles. The van der Waals surface area contributed by atoms with Gasteiger partial charge in [0.2, 0.25) is 15.9 Å². The summed E-state index contributed by atoms with van der Waals surface area (Å²) in [6.45, 7) is 0.271. The summed E-state index contributed by atoms with van der Waals surface area (Å²) in [6.07, 6.45) is 2.12. The molecule has 1 fully saturated rings.